The Bertz CT molecular complexity index is 845. The number of nitrogens with one attached hydrogen (secondary N) is 2. The summed E-state index contributed by atoms with van der Waals surface area (Å²) in [5.74, 6) is 2.70. The van der Waals surface area contributed by atoms with Crippen molar-refractivity contribution in [2.45, 2.75) is 77.0 Å². The molecule has 32 heavy (non-hydrogen) atoms. The lowest BCUT2D eigenvalue weighted by Gasteiger charge is -2.40. The summed E-state index contributed by atoms with van der Waals surface area (Å²) in [7, 11) is 2.00. The third-order valence-corrected chi connectivity index (χ3v) is 6.74. The third kappa shape index (κ3) is 6.91. The fourth-order valence-corrected chi connectivity index (χ4v) is 4.77. The molecule has 7 nitrogen and oxygen atoms in total. The molecule has 0 bridgehead atoms. The number of nitrogens with zero attached hydrogens (tertiary/aromatic N) is 5. The van der Waals surface area contributed by atoms with Crippen LogP contribution in [0, 0.1) is 6.92 Å². The maximum Gasteiger partial charge on any atom is 0.192 e. The van der Waals surface area contributed by atoms with Gasteiger partial charge in [-0.15, -0.1) is 34.2 Å². The van der Waals surface area contributed by atoms with E-state index in [0.29, 0.717) is 19.1 Å². The van der Waals surface area contributed by atoms with Crippen LogP contribution in [0.2, 0.25) is 0 Å². The number of likely N-dealkylation sites (tertiary alicyclic amines) is 1. The van der Waals surface area contributed by atoms with Crippen LogP contribution >= 0.6 is 24.0 Å². The molecule has 176 valence electrons. The van der Waals surface area contributed by atoms with Gasteiger partial charge in [0, 0.05) is 25.7 Å². The molecule has 0 spiro atoms. The SMILES string of the molecule is Cc1nnc(CNC(=NCc2ccccc2)NC2CCCN(C3CCCCC3)C2)n1C.I. The first-order valence-electron chi connectivity index (χ1n) is 11.9. The van der Waals surface area contributed by atoms with Crippen molar-refractivity contribution in [2.24, 2.45) is 12.0 Å². The van der Waals surface area contributed by atoms with Crippen molar-refractivity contribution in [3.63, 3.8) is 0 Å². The molecule has 0 amide bonds. The van der Waals surface area contributed by atoms with E-state index in [1.54, 1.807) is 0 Å². The van der Waals surface area contributed by atoms with Crippen LogP contribution in [0.1, 0.15) is 62.2 Å². The van der Waals surface area contributed by atoms with E-state index < -0.39 is 0 Å². The fourth-order valence-electron chi connectivity index (χ4n) is 4.77. The molecule has 1 aromatic carbocycles. The van der Waals surface area contributed by atoms with Crippen molar-refractivity contribution in [1.82, 2.24) is 30.3 Å². The lowest BCUT2D eigenvalue weighted by molar-refractivity contribution is 0.115. The minimum Gasteiger partial charge on any atom is -0.352 e. The third-order valence-electron chi connectivity index (χ3n) is 6.74. The molecule has 1 atom stereocenters. The van der Waals surface area contributed by atoms with Gasteiger partial charge in [0.15, 0.2) is 11.8 Å². The van der Waals surface area contributed by atoms with E-state index in [9.17, 15) is 0 Å². The van der Waals surface area contributed by atoms with Crippen LogP contribution in [0.4, 0.5) is 0 Å². The Morgan fingerprint density at radius 3 is 2.56 bits per heavy atom. The van der Waals surface area contributed by atoms with Gasteiger partial charge in [-0.25, -0.2) is 4.99 Å². The zero-order valence-corrected chi connectivity index (χ0v) is 21.8. The maximum absolute atomic E-state index is 4.90. The molecule has 1 unspecified atom stereocenters. The second kappa shape index (κ2) is 12.5. The molecule has 2 N–H and O–H groups in total. The van der Waals surface area contributed by atoms with Crippen LogP contribution < -0.4 is 10.6 Å². The van der Waals surface area contributed by atoms with Gasteiger partial charge in [-0.2, -0.15) is 0 Å². The molecule has 1 aliphatic carbocycles. The predicted molar refractivity (Wildman–Crippen MR) is 140 cm³/mol. The molecule has 2 heterocycles. The summed E-state index contributed by atoms with van der Waals surface area (Å²) in [5.41, 5.74) is 1.21. The molecule has 2 aliphatic rings. The second-order valence-corrected chi connectivity index (χ2v) is 9.00. The van der Waals surface area contributed by atoms with Gasteiger partial charge in [-0.3, -0.25) is 4.90 Å². The van der Waals surface area contributed by atoms with Gasteiger partial charge in [-0.05, 0) is 44.7 Å². The number of aryl methyl sites for hydroxylation is 1. The first-order valence-corrected chi connectivity index (χ1v) is 11.9. The Kier molecular flexibility index (Phi) is 9.77. The average molecular weight is 552 g/mol. The molecular weight excluding hydrogens is 513 g/mol. The average Bonchev–Trinajstić information content (AvgIpc) is 3.14. The second-order valence-electron chi connectivity index (χ2n) is 9.00. The van der Waals surface area contributed by atoms with Gasteiger partial charge < -0.3 is 15.2 Å². The number of piperidine rings is 1. The minimum atomic E-state index is 0. The highest BCUT2D eigenvalue weighted by Crippen LogP contribution is 2.25. The predicted octanol–water partition coefficient (Wildman–Crippen LogP) is 3.77. The van der Waals surface area contributed by atoms with Gasteiger partial charge in [0.2, 0.25) is 0 Å². The van der Waals surface area contributed by atoms with Gasteiger partial charge in [-0.1, -0.05) is 49.6 Å². The Balaban J connectivity index is 0.00000289. The lowest BCUT2D eigenvalue weighted by atomic mass is 9.92. The molecule has 2 aromatic rings. The summed E-state index contributed by atoms with van der Waals surface area (Å²) >= 11 is 0. The molecule has 1 aliphatic heterocycles. The molecule has 1 aromatic heterocycles. The summed E-state index contributed by atoms with van der Waals surface area (Å²) in [5, 5.41) is 15.7. The standard InChI is InChI=1S/C24H37N7.HI/c1-19-28-29-23(30(19)2)17-26-24(25-16-20-10-5-3-6-11-20)27-21-12-9-15-31(18-21)22-13-7-4-8-14-22;/h3,5-6,10-11,21-22H,4,7-9,12-18H2,1-2H3,(H2,25,26,27);1H. The molecular formula is C24H38IN7. The summed E-state index contributed by atoms with van der Waals surface area (Å²) in [6, 6.07) is 11.6. The van der Waals surface area contributed by atoms with Gasteiger partial charge in [0.1, 0.15) is 5.82 Å². The number of halogens is 1. The molecule has 1 saturated heterocycles. The maximum atomic E-state index is 4.90. The number of benzene rings is 1. The minimum absolute atomic E-state index is 0. The Labute approximate surface area is 209 Å². The Morgan fingerprint density at radius 1 is 1.06 bits per heavy atom. The first-order chi connectivity index (χ1) is 15.2. The molecule has 2 fully saturated rings. The smallest absolute Gasteiger partial charge is 0.192 e. The monoisotopic (exact) mass is 551 g/mol. The van der Waals surface area contributed by atoms with Crippen molar-refractivity contribution in [3.8, 4) is 0 Å². The topological polar surface area (TPSA) is 70.4 Å². The van der Waals surface area contributed by atoms with Crippen LogP contribution in [-0.4, -0.2) is 50.8 Å². The van der Waals surface area contributed by atoms with Crippen LogP contribution in [0.5, 0.6) is 0 Å². The molecule has 8 heteroatoms. The van der Waals surface area contributed by atoms with E-state index in [0.717, 1.165) is 30.2 Å². The highest BCUT2D eigenvalue weighted by atomic mass is 127. The van der Waals surface area contributed by atoms with Crippen LogP contribution in [0.15, 0.2) is 35.3 Å². The fraction of sp³-hybridized carbons (Fsp3) is 0.625. The highest BCUT2D eigenvalue weighted by molar-refractivity contribution is 14.0. The first kappa shape index (κ1) is 25.0. The van der Waals surface area contributed by atoms with Crippen molar-refractivity contribution < 1.29 is 0 Å². The van der Waals surface area contributed by atoms with E-state index in [4.69, 9.17) is 4.99 Å². The van der Waals surface area contributed by atoms with Crippen molar-refractivity contribution in [3.05, 3.63) is 47.5 Å². The van der Waals surface area contributed by atoms with Gasteiger partial charge in [0.05, 0.1) is 13.1 Å². The van der Waals surface area contributed by atoms with E-state index in [2.05, 4.69) is 50.0 Å². The number of aromatic nitrogens is 3. The van der Waals surface area contributed by atoms with Crippen LogP contribution in [0.25, 0.3) is 0 Å². The van der Waals surface area contributed by atoms with Crippen molar-refractivity contribution in [1.29, 1.82) is 0 Å². The number of hydrogen-bond donors (Lipinski definition) is 2. The van der Waals surface area contributed by atoms with E-state index in [-0.39, 0.29) is 24.0 Å². The number of guanidine groups is 1. The van der Waals surface area contributed by atoms with E-state index in [1.807, 2.05) is 24.6 Å². The summed E-state index contributed by atoms with van der Waals surface area (Å²) < 4.78 is 2.02. The normalized spacial score (nSPS) is 20.6. The van der Waals surface area contributed by atoms with Crippen LogP contribution in [0.3, 0.4) is 0 Å². The summed E-state index contributed by atoms with van der Waals surface area (Å²) in [6.45, 7) is 5.59. The quantitative estimate of drug-likeness (QED) is 0.325. The van der Waals surface area contributed by atoms with Crippen LogP contribution in [-0.2, 0) is 20.1 Å². The van der Waals surface area contributed by atoms with E-state index in [1.165, 1.54) is 57.1 Å². The number of rotatable bonds is 6. The molecule has 4 rings (SSSR count). The highest BCUT2D eigenvalue weighted by Gasteiger charge is 2.27. The van der Waals surface area contributed by atoms with Gasteiger partial charge in [0.25, 0.3) is 0 Å². The van der Waals surface area contributed by atoms with E-state index >= 15 is 0 Å². The lowest BCUT2D eigenvalue weighted by Crippen LogP contribution is -2.53. The molecule has 1 saturated carbocycles. The summed E-state index contributed by atoms with van der Waals surface area (Å²) in [4.78, 5) is 7.62. The zero-order chi connectivity index (χ0) is 21.5. The largest absolute Gasteiger partial charge is 0.352 e. The Hall–Kier alpha value is -1.68. The Morgan fingerprint density at radius 2 is 1.84 bits per heavy atom. The van der Waals surface area contributed by atoms with Gasteiger partial charge >= 0.3 is 0 Å². The van der Waals surface area contributed by atoms with Crippen molar-refractivity contribution in [2.75, 3.05) is 13.1 Å². The number of aliphatic imine (C=N–C) groups is 1. The summed E-state index contributed by atoms with van der Waals surface area (Å²) in [6.07, 6.45) is 9.37. The number of hydrogen-bond acceptors (Lipinski definition) is 4. The molecule has 0 radical (unpaired) electrons. The zero-order valence-electron chi connectivity index (χ0n) is 19.5. The van der Waals surface area contributed by atoms with Crippen molar-refractivity contribution >= 4 is 29.9 Å².